The van der Waals surface area contributed by atoms with E-state index in [4.69, 9.17) is 5.26 Å². The molecule has 1 fully saturated rings. The molecule has 0 aliphatic carbocycles. The van der Waals surface area contributed by atoms with Crippen LogP contribution in [-0.2, 0) is 16.1 Å². The lowest BCUT2D eigenvalue weighted by molar-refractivity contribution is -0.139. The molecule has 2 amide bonds. The number of carbonyl (C=O) groups excluding carboxylic acids is 2. The first kappa shape index (κ1) is 18.3. The summed E-state index contributed by atoms with van der Waals surface area (Å²) in [4.78, 5) is 26.6. The average molecular weight is 345 g/mol. The Bertz CT molecular complexity index is 661. The summed E-state index contributed by atoms with van der Waals surface area (Å²) < 4.78 is 0. The van der Waals surface area contributed by atoms with Crippen LogP contribution in [0, 0.1) is 16.7 Å². The average Bonchev–Trinajstić information content (AvgIpc) is 3.01. The molecule has 1 aliphatic heterocycles. The van der Waals surface area contributed by atoms with Crippen molar-refractivity contribution in [1.29, 1.82) is 5.26 Å². The molecule has 0 spiro atoms. The Morgan fingerprint density at radius 3 is 2.83 bits per heavy atom. The van der Waals surface area contributed by atoms with Crippen LogP contribution in [0.2, 0.25) is 0 Å². The molecule has 128 valence electrons. The van der Waals surface area contributed by atoms with E-state index in [0.29, 0.717) is 30.2 Å². The normalized spacial score (nSPS) is 17.4. The van der Waals surface area contributed by atoms with Gasteiger partial charge in [-0.25, -0.2) is 0 Å². The number of amides is 2. The van der Waals surface area contributed by atoms with Gasteiger partial charge in [-0.1, -0.05) is 32.9 Å². The van der Waals surface area contributed by atoms with Crippen molar-refractivity contribution in [3.63, 3.8) is 0 Å². The van der Waals surface area contributed by atoms with Crippen molar-refractivity contribution >= 4 is 23.6 Å². The molecule has 0 aromatic heterocycles. The molecular weight excluding hydrogens is 322 g/mol. The first-order valence-corrected chi connectivity index (χ1v) is 9.09. The highest BCUT2D eigenvalue weighted by Gasteiger charge is 2.35. The fourth-order valence-electron chi connectivity index (χ4n) is 2.52. The summed E-state index contributed by atoms with van der Waals surface area (Å²) >= 11 is 1.60. The zero-order chi connectivity index (χ0) is 17.7. The van der Waals surface area contributed by atoms with Gasteiger partial charge >= 0.3 is 0 Å². The maximum absolute atomic E-state index is 12.5. The van der Waals surface area contributed by atoms with Crippen LogP contribution in [0.5, 0.6) is 0 Å². The van der Waals surface area contributed by atoms with Crippen molar-refractivity contribution in [2.24, 2.45) is 5.41 Å². The van der Waals surface area contributed by atoms with E-state index in [1.807, 2.05) is 26.8 Å². The Labute approximate surface area is 147 Å². The van der Waals surface area contributed by atoms with E-state index in [2.05, 4.69) is 11.4 Å². The second-order valence-electron chi connectivity index (χ2n) is 7.15. The molecule has 0 bridgehead atoms. The molecule has 0 unspecified atom stereocenters. The summed E-state index contributed by atoms with van der Waals surface area (Å²) in [6.45, 7) is 6.42. The minimum Gasteiger partial charge on any atom is -0.350 e. The quantitative estimate of drug-likeness (QED) is 0.910. The van der Waals surface area contributed by atoms with E-state index in [9.17, 15) is 9.59 Å². The van der Waals surface area contributed by atoms with Crippen molar-refractivity contribution < 1.29 is 9.59 Å². The molecule has 2 rings (SSSR count). The van der Waals surface area contributed by atoms with Crippen LogP contribution in [0.1, 0.15) is 38.3 Å². The highest BCUT2D eigenvalue weighted by molar-refractivity contribution is 7.99. The van der Waals surface area contributed by atoms with Gasteiger partial charge in [-0.15, -0.1) is 11.8 Å². The predicted octanol–water partition coefficient (Wildman–Crippen LogP) is 2.51. The minimum absolute atomic E-state index is 0.0270. The Balaban J connectivity index is 1.95. The van der Waals surface area contributed by atoms with Crippen molar-refractivity contribution in [2.75, 3.05) is 11.6 Å². The number of thioether (sulfide) groups is 1. The Kier molecular flexibility index (Phi) is 5.89. The van der Waals surface area contributed by atoms with Crippen LogP contribution in [0.3, 0.4) is 0 Å². The highest BCUT2D eigenvalue weighted by Crippen LogP contribution is 2.26. The second kappa shape index (κ2) is 7.71. The molecule has 1 aliphatic rings. The summed E-state index contributed by atoms with van der Waals surface area (Å²) in [5.74, 6) is 1.08. The molecule has 1 saturated heterocycles. The van der Waals surface area contributed by atoms with Gasteiger partial charge in [-0.05, 0) is 23.1 Å². The van der Waals surface area contributed by atoms with E-state index in [-0.39, 0.29) is 17.2 Å². The third-order valence-electron chi connectivity index (χ3n) is 3.71. The topological polar surface area (TPSA) is 73.2 Å². The summed E-state index contributed by atoms with van der Waals surface area (Å²) in [6.07, 6.45) is 0.432. The third-order valence-corrected chi connectivity index (χ3v) is 4.72. The van der Waals surface area contributed by atoms with E-state index in [0.717, 1.165) is 5.56 Å². The lowest BCUT2D eigenvalue weighted by atomic mass is 9.91. The van der Waals surface area contributed by atoms with E-state index < -0.39 is 6.04 Å². The predicted molar refractivity (Wildman–Crippen MR) is 95.0 cm³/mol. The van der Waals surface area contributed by atoms with Crippen molar-refractivity contribution in [3.05, 3.63) is 35.4 Å². The fourth-order valence-corrected chi connectivity index (χ4v) is 3.70. The monoisotopic (exact) mass is 345 g/mol. The third kappa shape index (κ3) is 5.00. The SMILES string of the molecule is CC(C)(C)CC(=O)N1CSC[C@H]1C(=O)NCc1cccc(C#N)c1. The molecule has 1 atom stereocenters. The number of benzene rings is 1. The van der Waals surface area contributed by atoms with Gasteiger partial charge in [-0.3, -0.25) is 9.59 Å². The number of rotatable bonds is 4. The number of nitrogens with zero attached hydrogens (tertiary/aromatic N) is 2. The van der Waals surface area contributed by atoms with Crippen molar-refractivity contribution in [3.8, 4) is 6.07 Å². The standard InChI is InChI=1S/C18H23N3O2S/c1-18(2,3)8-16(22)21-12-24-11-15(21)17(23)20-10-14-6-4-5-13(7-14)9-19/h4-7,15H,8,10-12H2,1-3H3,(H,20,23)/t15-/m0/s1. The van der Waals surface area contributed by atoms with Crippen LogP contribution in [0.15, 0.2) is 24.3 Å². The summed E-state index contributed by atoms with van der Waals surface area (Å²) in [7, 11) is 0. The van der Waals surface area contributed by atoms with Gasteiger partial charge in [0.2, 0.25) is 11.8 Å². The number of carbonyl (C=O) groups is 2. The molecule has 0 radical (unpaired) electrons. The molecule has 1 N–H and O–H groups in total. The molecule has 0 saturated carbocycles. The summed E-state index contributed by atoms with van der Waals surface area (Å²) in [5, 5.41) is 11.8. The number of hydrogen-bond donors (Lipinski definition) is 1. The summed E-state index contributed by atoms with van der Waals surface area (Å²) in [5.41, 5.74) is 1.35. The van der Waals surface area contributed by atoms with Gasteiger partial charge in [0, 0.05) is 18.7 Å². The first-order chi connectivity index (χ1) is 11.3. The van der Waals surface area contributed by atoms with Gasteiger partial charge in [0.25, 0.3) is 0 Å². The molecule has 1 heterocycles. The lowest BCUT2D eigenvalue weighted by Gasteiger charge is -2.26. The van der Waals surface area contributed by atoms with Gasteiger partial charge in [0.15, 0.2) is 0 Å². The molecule has 1 aromatic carbocycles. The zero-order valence-corrected chi connectivity index (χ0v) is 15.2. The summed E-state index contributed by atoms with van der Waals surface area (Å²) in [6, 6.07) is 8.82. The Morgan fingerprint density at radius 1 is 1.42 bits per heavy atom. The maximum Gasteiger partial charge on any atom is 0.243 e. The van der Waals surface area contributed by atoms with Gasteiger partial charge in [0.1, 0.15) is 6.04 Å². The van der Waals surface area contributed by atoms with Crippen LogP contribution in [-0.4, -0.2) is 34.4 Å². The zero-order valence-electron chi connectivity index (χ0n) is 14.3. The van der Waals surface area contributed by atoms with Crippen LogP contribution >= 0.6 is 11.8 Å². The van der Waals surface area contributed by atoms with E-state index in [1.54, 1.807) is 34.9 Å². The van der Waals surface area contributed by atoms with Crippen LogP contribution in [0.4, 0.5) is 0 Å². The fraction of sp³-hybridized carbons (Fsp3) is 0.500. The van der Waals surface area contributed by atoms with Gasteiger partial charge in [0.05, 0.1) is 17.5 Å². The van der Waals surface area contributed by atoms with Crippen molar-refractivity contribution in [2.45, 2.75) is 39.8 Å². The largest absolute Gasteiger partial charge is 0.350 e. The van der Waals surface area contributed by atoms with Gasteiger partial charge in [-0.2, -0.15) is 5.26 Å². The number of nitrogens with one attached hydrogen (secondary N) is 1. The molecule has 1 aromatic rings. The molecular formula is C18H23N3O2S. The van der Waals surface area contributed by atoms with Crippen LogP contribution in [0.25, 0.3) is 0 Å². The molecule has 24 heavy (non-hydrogen) atoms. The van der Waals surface area contributed by atoms with E-state index in [1.165, 1.54) is 0 Å². The number of hydrogen-bond acceptors (Lipinski definition) is 4. The second-order valence-corrected chi connectivity index (χ2v) is 8.15. The Hall–Kier alpha value is -2.00. The van der Waals surface area contributed by atoms with Crippen LogP contribution < -0.4 is 5.32 Å². The highest BCUT2D eigenvalue weighted by atomic mass is 32.2. The smallest absolute Gasteiger partial charge is 0.243 e. The molecule has 6 heteroatoms. The Morgan fingerprint density at radius 2 is 2.17 bits per heavy atom. The van der Waals surface area contributed by atoms with Gasteiger partial charge < -0.3 is 10.2 Å². The first-order valence-electron chi connectivity index (χ1n) is 7.94. The number of nitriles is 1. The van der Waals surface area contributed by atoms with Crippen molar-refractivity contribution in [1.82, 2.24) is 10.2 Å². The maximum atomic E-state index is 12.5. The minimum atomic E-state index is -0.413. The lowest BCUT2D eigenvalue weighted by Crippen LogP contribution is -2.47. The molecule has 5 nitrogen and oxygen atoms in total. The van der Waals surface area contributed by atoms with E-state index >= 15 is 0 Å².